The Morgan fingerprint density at radius 3 is 2.50 bits per heavy atom. The highest BCUT2D eigenvalue weighted by molar-refractivity contribution is 6.00. The molecule has 0 aliphatic heterocycles. The van der Waals surface area contributed by atoms with Gasteiger partial charge in [-0.3, -0.25) is 0 Å². The molecule has 2 unspecified atom stereocenters. The Kier molecular flexibility index (Phi) is 3.87. The first-order chi connectivity index (χ1) is 9.38. The lowest BCUT2D eigenvalue weighted by Gasteiger charge is -2.10. The van der Waals surface area contributed by atoms with Crippen molar-refractivity contribution in [3.8, 4) is 0 Å². The molecule has 7 heteroatoms. The van der Waals surface area contributed by atoms with Crippen LogP contribution in [0.15, 0.2) is 12.1 Å². The highest BCUT2D eigenvalue weighted by Gasteiger charge is 2.32. The normalized spacial score (nSPS) is 20.4. The van der Waals surface area contributed by atoms with E-state index in [9.17, 15) is 18.4 Å². The summed E-state index contributed by atoms with van der Waals surface area (Å²) in [5, 5.41) is 13.7. The molecule has 0 radical (unpaired) electrons. The second kappa shape index (κ2) is 5.44. The number of rotatable bonds is 4. The van der Waals surface area contributed by atoms with Crippen LogP contribution in [0.5, 0.6) is 0 Å². The van der Waals surface area contributed by atoms with Crippen molar-refractivity contribution in [1.29, 1.82) is 0 Å². The van der Waals surface area contributed by atoms with E-state index < -0.39 is 29.2 Å². The average Bonchev–Trinajstić information content (AvgIpc) is 3.07. The standard InChI is InChI=1S/C13H14F2N2O3/c1-6-2-7(6)5-16-13(20)17-11-4-10(15)9(14)3-8(11)12(18)19/h3-4,6-7H,2,5H2,1H3,(H,18,19)(H2,16,17,20). The van der Waals surface area contributed by atoms with E-state index in [1.165, 1.54) is 0 Å². The van der Waals surface area contributed by atoms with Gasteiger partial charge in [0.1, 0.15) is 0 Å². The Balaban J connectivity index is 2.05. The minimum absolute atomic E-state index is 0.280. The van der Waals surface area contributed by atoms with Crippen molar-refractivity contribution in [3.63, 3.8) is 0 Å². The number of amides is 2. The maximum atomic E-state index is 13.1. The van der Waals surface area contributed by atoms with Gasteiger partial charge in [-0.15, -0.1) is 0 Å². The van der Waals surface area contributed by atoms with Crippen LogP contribution >= 0.6 is 0 Å². The summed E-state index contributed by atoms with van der Waals surface area (Å²) in [6.07, 6.45) is 1.03. The molecule has 2 atom stereocenters. The van der Waals surface area contributed by atoms with Gasteiger partial charge >= 0.3 is 12.0 Å². The van der Waals surface area contributed by atoms with E-state index in [1.807, 2.05) is 0 Å². The number of carbonyl (C=O) groups is 2. The summed E-state index contributed by atoms with van der Waals surface area (Å²) in [5.41, 5.74) is -0.781. The number of hydrogen-bond donors (Lipinski definition) is 3. The van der Waals surface area contributed by atoms with Gasteiger partial charge in [0, 0.05) is 12.6 Å². The molecule has 1 aromatic rings. The van der Waals surface area contributed by atoms with Gasteiger partial charge in [-0.2, -0.15) is 0 Å². The van der Waals surface area contributed by atoms with Crippen molar-refractivity contribution in [1.82, 2.24) is 5.32 Å². The van der Waals surface area contributed by atoms with E-state index in [2.05, 4.69) is 17.6 Å². The van der Waals surface area contributed by atoms with Gasteiger partial charge in [0.05, 0.1) is 11.3 Å². The second-order valence-electron chi connectivity index (χ2n) is 4.93. The van der Waals surface area contributed by atoms with Crippen molar-refractivity contribution in [2.75, 3.05) is 11.9 Å². The number of nitrogens with one attached hydrogen (secondary N) is 2. The lowest BCUT2D eigenvalue weighted by atomic mass is 10.1. The van der Waals surface area contributed by atoms with Gasteiger partial charge in [0.2, 0.25) is 0 Å². The number of carboxylic acids is 1. The Morgan fingerprint density at radius 2 is 1.95 bits per heavy atom. The van der Waals surface area contributed by atoms with Crippen molar-refractivity contribution in [2.24, 2.45) is 11.8 Å². The molecule has 0 heterocycles. The van der Waals surface area contributed by atoms with Crippen LogP contribution in [-0.2, 0) is 0 Å². The van der Waals surface area contributed by atoms with E-state index in [0.717, 1.165) is 6.42 Å². The summed E-state index contributed by atoms with van der Waals surface area (Å²) in [6.45, 7) is 2.53. The molecular weight excluding hydrogens is 270 g/mol. The molecule has 108 valence electrons. The number of benzene rings is 1. The minimum atomic E-state index is -1.45. The third kappa shape index (κ3) is 3.23. The van der Waals surface area contributed by atoms with E-state index in [-0.39, 0.29) is 5.69 Å². The lowest BCUT2D eigenvalue weighted by Crippen LogP contribution is -2.31. The maximum absolute atomic E-state index is 13.1. The smallest absolute Gasteiger partial charge is 0.337 e. The SMILES string of the molecule is CC1CC1CNC(=O)Nc1cc(F)c(F)cc1C(=O)O. The van der Waals surface area contributed by atoms with Crippen LogP contribution in [0.25, 0.3) is 0 Å². The summed E-state index contributed by atoms with van der Waals surface area (Å²) in [5.74, 6) is -2.96. The molecule has 1 aliphatic carbocycles. The fourth-order valence-corrected chi connectivity index (χ4v) is 1.90. The molecule has 2 amide bonds. The molecule has 0 spiro atoms. The molecule has 0 aromatic heterocycles. The maximum Gasteiger partial charge on any atom is 0.337 e. The van der Waals surface area contributed by atoms with E-state index in [0.29, 0.717) is 30.5 Å². The van der Waals surface area contributed by atoms with Crippen LogP contribution in [0.1, 0.15) is 23.7 Å². The van der Waals surface area contributed by atoms with E-state index in [1.54, 1.807) is 0 Å². The van der Waals surface area contributed by atoms with Gasteiger partial charge in [-0.1, -0.05) is 6.92 Å². The molecule has 20 heavy (non-hydrogen) atoms. The first-order valence-electron chi connectivity index (χ1n) is 6.15. The number of anilines is 1. The number of urea groups is 1. The third-order valence-corrected chi connectivity index (χ3v) is 3.34. The lowest BCUT2D eigenvalue weighted by molar-refractivity contribution is 0.0697. The molecule has 1 aromatic carbocycles. The highest BCUT2D eigenvalue weighted by atomic mass is 19.2. The number of halogens is 2. The third-order valence-electron chi connectivity index (χ3n) is 3.34. The van der Waals surface area contributed by atoms with Gasteiger partial charge < -0.3 is 15.7 Å². The van der Waals surface area contributed by atoms with Crippen LogP contribution < -0.4 is 10.6 Å². The van der Waals surface area contributed by atoms with Crippen LogP contribution in [0.3, 0.4) is 0 Å². The zero-order valence-electron chi connectivity index (χ0n) is 10.7. The first-order valence-corrected chi connectivity index (χ1v) is 6.15. The van der Waals surface area contributed by atoms with Crippen molar-refractivity contribution < 1.29 is 23.5 Å². The van der Waals surface area contributed by atoms with Gasteiger partial charge in [0.25, 0.3) is 0 Å². The van der Waals surface area contributed by atoms with Crippen LogP contribution in [0, 0.1) is 23.5 Å². The molecule has 1 fully saturated rings. The molecule has 0 saturated heterocycles. The molecule has 3 N–H and O–H groups in total. The summed E-state index contributed by atoms with van der Waals surface area (Å²) in [4.78, 5) is 22.5. The Bertz CT molecular complexity index is 563. The zero-order valence-corrected chi connectivity index (χ0v) is 10.7. The average molecular weight is 284 g/mol. The Hall–Kier alpha value is -2.18. The number of carbonyl (C=O) groups excluding carboxylic acids is 1. The summed E-state index contributed by atoms with van der Waals surface area (Å²) < 4.78 is 26.1. The monoisotopic (exact) mass is 284 g/mol. The van der Waals surface area contributed by atoms with Crippen LogP contribution in [-0.4, -0.2) is 23.7 Å². The first kappa shape index (κ1) is 14.2. The largest absolute Gasteiger partial charge is 0.478 e. The molecule has 1 aliphatic rings. The Labute approximate surface area is 114 Å². The second-order valence-corrected chi connectivity index (χ2v) is 4.93. The van der Waals surface area contributed by atoms with Crippen molar-refractivity contribution in [3.05, 3.63) is 29.3 Å². The van der Waals surface area contributed by atoms with Crippen LogP contribution in [0.2, 0.25) is 0 Å². The number of hydrogen-bond acceptors (Lipinski definition) is 2. The molecule has 2 rings (SSSR count). The number of carboxylic acid groups (broad SMARTS) is 1. The zero-order chi connectivity index (χ0) is 14.9. The molecule has 1 saturated carbocycles. The molecular formula is C13H14F2N2O3. The van der Waals surface area contributed by atoms with Gasteiger partial charge in [-0.05, 0) is 24.3 Å². The quantitative estimate of drug-likeness (QED) is 0.794. The van der Waals surface area contributed by atoms with Crippen molar-refractivity contribution >= 4 is 17.7 Å². The predicted molar refractivity (Wildman–Crippen MR) is 67.6 cm³/mol. The van der Waals surface area contributed by atoms with Gasteiger partial charge in [-0.25, -0.2) is 18.4 Å². The predicted octanol–water partition coefficient (Wildman–Crippen LogP) is 2.44. The summed E-state index contributed by atoms with van der Waals surface area (Å²) in [7, 11) is 0. The minimum Gasteiger partial charge on any atom is -0.478 e. The fraction of sp³-hybridized carbons (Fsp3) is 0.385. The summed E-state index contributed by atoms with van der Waals surface area (Å²) >= 11 is 0. The molecule has 0 bridgehead atoms. The number of aromatic carboxylic acids is 1. The van der Waals surface area contributed by atoms with E-state index in [4.69, 9.17) is 5.11 Å². The highest BCUT2D eigenvalue weighted by Crippen LogP contribution is 2.36. The Morgan fingerprint density at radius 1 is 1.35 bits per heavy atom. The van der Waals surface area contributed by atoms with Crippen molar-refractivity contribution in [2.45, 2.75) is 13.3 Å². The topological polar surface area (TPSA) is 78.4 Å². The van der Waals surface area contributed by atoms with E-state index >= 15 is 0 Å². The van der Waals surface area contributed by atoms with Gasteiger partial charge in [0.15, 0.2) is 11.6 Å². The summed E-state index contributed by atoms with van der Waals surface area (Å²) in [6, 6.07) is 0.548. The molecule has 5 nitrogen and oxygen atoms in total. The fourth-order valence-electron chi connectivity index (χ4n) is 1.90. The van der Waals surface area contributed by atoms with Crippen LogP contribution in [0.4, 0.5) is 19.3 Å².